The fourth-order valence-electron chi connectivity index (χ4n) is 3.10. The van der Waals surface area contributed by atoms with E-state index in [2.05, 4.69) is 30.8 Å². The normalized spacial score (nSPS) is 25.1. The third-order valence-electron chi connectivity index (χ3n) is 4.55. The van der Waals surface area contributed by atoms with Crippen molar-refractivity contribution in [2.24, 2.45) is 5.92 Å². The van der Waals surface area contributed by atoms with E-state index in [1.54, 1.807) is 6.08 Å². The van der Waals surface area contributed by atoms with Crippen LogP contribution >= 0.6 is 0 Å². The Kier molecular flexibility index (Phi) is 6.80. The lowest BCUT2D eigenvalue weighted by atomic mass is 9.89. The molecule has 1 heterocycles. The van der Waals surface area contributed by atoms with E-state index >= 15 is 0 Å². The van der Waals surface area contributed by atoms with Crippen molar-refractivity contribution in [3.05, 3.63) is 48.0 Å². The van der Waals surface area contributed by atoms with Gasteiger partial charge in [-0.1, -0.05) is 37.3 Å². The smallest absolute Gasteiger partial charge is 0.164 e. The zero-order chi connectivity index (χ0) is 18.6. The highest BCUT2D eigenvalue weighted by Crippen LogP contribution is 2.42. The predicted octanol–water partition coefficient (Wildman–Crippen LogP) is 4.38. The number of hydrogen-bond donors (Lipinski definition) is 1. The van der Waals surface area contributed by atoms with Crippen molar-refractivity contribution in [2.45, 2.75) is 77.8 Å². The molecular weight excluding hydrogens is 316 g/mol. The van der Waals surface area contributed by atoms with Crippen molar-refractivity contribution < 1.29 is 19.3 Å². The lowest BCUT2D eigenvalue weighted by Gasteiger charge is -2.27. The van der Waals surface area contributed by atoms with Gasteiger partial charge in [0.2, 0.25) is 0 Å². The molecule has 1 aliphatic rings. The summed E-state index contributed by atoms with van der Waals surface area (Å²) in [6, 6.07) is 8.25. The zero-order valence-electron chi connectivity index (χ0n) is 16.1. The van der Waals surface area contributed by atoms with Gasteiger partial charge in [0, 0.05) is 5.92 Å². The fourth-order valence-corrected chi connectivity index (χ4v) is 3.10. The molecule has 0 unspecified atom stereocenters. The van der Waals surface area contributed by atoms with E-state index in [0.717, 1.165) is 11.1 Å². The third-order valence-corrected chi connectivity index (χ3v) is 4.55. The van der Waals surface area contributed by atoms with Gasteiger partial charge in [-0.15, -0.1) is 6.58 Å². The summed E-state index contributed by atoms with van der Waals surface area (Å²) >= 11 is 0. The highest BCUT2D eigenvalue weighted by atomic mass is 16.8. The summed E-state index contributed by atoms with van der Waals surface area (Å²) in [5.41, 5.74) is 2.19. The Morgan fingerprint density at radius 1 is 1.20 bits per heavy atom. The summed E-state index contributed by atoms with van der Waals surface area (Å²) in [5.74, 6) is -0.731. The van der Waals surface area contributed by atoms with Crippen molar-refractivity contribution in [3.63, 3.8) is 0 Å². The summed E-state index contributed by atoms with van der Waals surface area (Å²) in [6.07, 6.45) is 1.58. The van der Waals surface area contributed by atoms with Crippen LogP contribution in [0.3, 0.4) is 0 Å². The Bertz CT molecular complexity index is 550. The van der Waals surface area contributed by atoms with E-state index < -0.39 is 11.9 Å². The average Bonchev–Trinajstić information content (AvgIpc) is 2.88. The Labute approximate surface area is 151 Å². The molecular formula is C21H32O4. The van der Waals surface area contributed by atoms with Crippen molar-refractivity contribution >= 4 is 0 Å². The van der Waals surface area contributed by atoms with Crippen molar-refractivity contribution in [3.8, 4) is 0 Å². The maximum atomic E-state index is 10.4. The molecule has 0 radical (unpaired) electrons. The molecule has 140 valence electrons. The Morgan fingerprint density at radius 2 is 1.84 bits per heavy atom. The number of aliphatic hydroxyl groups is 1. The molecule has 0 saturated carbocycles. The van der Waals surface area contributed by atoms with E-state index in [1.807, 2.05) is 34.6 Å². The van der Waals surface area contributed by atoms with Crippen LogP contribution in [0.2, 0.25) is 0 Å². The second kappa shape index (κ2) is 8.45. The van der Waals surface area contributed by atoms with Crippen LogP contribution in [0.4, 0.5) is 0 Å². The number of ether oxygens (including phenoxy) is 3. The zero-order valence-corrected chi connectivity index (χ0v) is 16.1. The van der Waals surface area contributed by atoms with Gasteiger partial charge in [0.1, 0.15) is 6.10 Å². The van der Waals surface area contributed by atoms with Gasteiger partial charge in [0.15, 0.2) is 5.79 Å². The van der Waals surface area contributed by atoms with Gasteiger partial charge in [0.25, 0.3) is 0 Å². The predicted molar refractivity (Wildman–Crippen MR) is 99.1 cm³/mol. The first-order valence-electron chi connectivity index (χ1n) is 9.08. The fraction of sp³-hybridized carbons (Fsp3) is 0.619. The summed E-state index contributed by atoms with van der Waals surface area (Å²) in [4.78, 5) is 0. The first kappa shape index (κ1) is 20.1. The minimum Gasteiger partial charge on any atom is -0.392 e. The second-order valence-corrected chi connectivity index (χ2v) is 7.57. The van der Waals surface area contributed by atoms with E-state index in [4.69, 9.17) is 14.2 Å². The van der Waals surface area contributed by atoms with Crippen LogP contribution in [0.15, 0.2) is 36.9 Å². The summed E-state index contributed by atoms with van der Waals surface area (Å²) < 4.78 is 17.9. The van der Waals surface area contributed by atoms with Gasteiger partial charge in [-0.05, 0) is 45.2 Å². The van der Waals surface area contributed by atoms with Crippen LogP contribution < -0.4 is 0 Å². The topological polar surface area (TPSA) is 47.9 Å². The maximum absolute atomic E-state index is 10.4. The van der Waals surface area contributed by atoms with Crippen LogP contribution in [-0.2, 0) is 20.8 Å². The molecule has 1 saturated heterocycles. The number of aliphatic hydroxyl groups excluding tert-OH is 1. The Morgan fingerprint density at radius 3 is 2.40 bits per heavy atom. The lowest BCUT2D eigenvalue weighted by molar-refractivity contribution is -0.153. The second-order valence-electron chi connectivity index (χ2n) is 7.57. The highest BCUT2D eigenvalue weighted by Gasteiger charge is 2.45. The molecule has 2 rings (SSSR count). The average molecular weight is 348 g/mol. The molecule has 0 amide bonds. The minimum absolute atomic E-state index is 0.0614. The SMILES string of the molecule is C=CC[C@H](O)[C@H](C)[C@H]1OC(C)(C)O[C@@H]1c1ccc(COC(C)C)cc1. The summed E-state index contributed by atoms with van der Waals surface area (Å²) in [6.45, 7) is 14.2. The van der Waals surface area contributed by atoms with Crippen LogP contribution in [0, 0.1) is 5.92 Å². The number of hydrogen-bond acceptors (Lipinski definition) is 4. The number of benzene rings is 1. The quantitative estimate of drug-likeness (QED) is 0.708. The van der Waals surface area contributed by atoms with Gasteiger partial charge >= 0.3 is 0 Å². The van der Waals surface area contributed by atoms with Crippen molar-refractivity contribution in [1.29, 1.82) is 0 Å². The molecule has 1 aromatic carbocycles. The summed E-state index contributed by atoms with van der Waals surface area (Å²) in [7, 11) is 0. The highest BCUT2D eigenvalue weighted by molar-refractivity contribution is 5.25. The maximum Gasteiger partial charge on any atom is 0.164 e. The molecule has 0 spiro atoms. The van der Waals surface area contributed by atoms with E-state index in [1.165, 1.54) is 0 Å². The molecule has 25 heavy (non-hydrogen) atoms. The third kappa shape index (κ3) is 5.38. The Balaban J connectivity index is 2.15. The molecule has 4 atom stereocenters. The molecule has 4 heteroatoms. The van der Waals surface area contributed by atoms with Crippen molar-refractivity contribution in [1.82, 2.24) is 0 Å². The van der Waals surface area contributed by atoms with Crippen LogP contribution in [0.1, 0.15) is 58.3 Å². The first-order valence-corrected chi connectivity index (χ1v) is 9.08. The summed E-state index contributed by atoms with van der Waals surface area (Å²) in [5, 5.41) is 10.4. The number of rotatable bonds is 8. The largest absolute Gasteiger partial charge is 0.392 e. The van der Waals surface area contributed by atoms with Gasteiger partial charge in [-0.2, -0.15) is 0 Å². The molecule has 0 aliphatic carbocycles. The Hall–Kier alpha value is -1.20. The molecule has 1 fully saturated rings. The van der Waals surface area contributed by atoms with Gasteiger partial charge in [-0.3, -0.25) is 0 Å². The molecule has 4 nitrogen and oxygen atoms in total. The lowest BCUT2D eigenvalue weighted by Crippen LogP contribution is -2.33. The molecule has 1 aromatic rings. The van der Waals surface area contributed by atoms with E-state index in [0.29, 0.717) is 13.0 Å². The van der Waals surface area contributed by atoms with Crippen molar-refractivity contribution in [2.75, 3.05) is 0 Å². The van der Waals surface area contributed by atoms with Gasteiger partial charge in [0.05, 0.1) is 24.9 Å². The van der Waals surface area contributed by atoms with E-state index in [9.17, 15) is 5.11 Å². The minimum atomic E-state index is -0.670. The molecule has 1 aliphatic heterocycles. The van der Waals surface area contributed by atoms with Gasteiger partial charge in [-0.25, -0.2) is 0 Å². The van der Waals surface area contributed by atoms with Crippen LogP contribution in [0.25, 0.3) is 0 Å². The van der Waals surface area contributed by atoms with Crippen LogP contribution in [-0.4, -0.2) is 29.2 Å². The van der Waals surface area contributed by atoms with Crippen LogP contribution in [0.5, 0.6) is 0 Å². The first-order chi connectivity index (χ1) is 11.7. The van der Waals surface area contributed by atoms with E-state index in [-0.39, 0.29) is 24.2 Å². The molecule has 0 bridgehead atoms. The standard InChI is InChI=1S/C21H32O4/c1-7-8-18(22)15(4)19-20(25-21(5,6)24-19)17-11-9-16(10-12-17)13-23-14(2)3/h7,9-12,14-15,18-20,22H,1,8,13H2,2-6H3/t15-,18-,19+,20+/m0/s1. The van der Waals surface area contributed by atoms with Gasteiger partial charge < -0.3 is 19.3 Å². The molecule has 1 N–H and O–H groups in total. The monoisotopic (exact) mass is 348 g/mol. The molecule has 0 aromatic heterocycles.